The third kappa shape index (κ3) is 8.61. The van der Waals surface area contributed by atoms with E-state index in [0.717, 1.165) is 0 Å². The number of pyridine rings is 5. The molecule has 5 atom stereocenters. The Kier molecular flexibility index (Phi) is 11.2. The van der Waals surface area contributed by atoms with Gasteiger partial charge in [-0.1, -0.05) is 0 Å². The van der Waals surface area contributed by atoms with Crippen molar-refractivity contribution in [1.82, 2.24) is 30.2 Å². The van der Waals surface area contributed by atoms with Crippen molar-refractivity contribution in [1.29, 1.82) is 0 Å². The molecule has 1 aliphatic rings. The Morgan fingerprint density at radius 2 is 0.942 bits per heavy atom. The van der Waals surface area contributed by atoms with Crippen molar-refractivity contribution in [2.75, 3.05) is 6.61 Å². The zero-order valence-corrected chi connectivity index (χ0v) is 27.0. The molecule has 0 saturated carbocycles. The molecule has 6 rings (SSSR count). The number of carbonyl (C=O) groups excluding carboxylic acids is 5. The smallest absolute Gasteiger partial charge is 0.342 e. The zero-order chi connectivity index (χ0) is 36.3. The van der Waals surface area contributed by atoms with Crippen molar-refractivity contribution >= 4 is 29.8 Å². The largest absolute Gasteiger partial charge is 0.459 e. The lowest BCUT2D eigenvalue weighted by Gasteiger charge is -2.44. The van der Waals surface area contributed by atoms with E-state index in [9.17, 15) is 24.0 Å². The number of carbonyl (C=O) groups is 5. The topological polar surface area (TPSA) is 208 Å². The minimum atomic E-state index is -1.73. The van der Waals surface area contributed by atoms with Crippen LogP contribution in [0.4, 0.5) is 0 Å². The van der Waals surface area contributed by atoms with Crippen LogP contribution in [0.3, 0.4) is 0 Å². The van der Waals surface area contributed by atoms with E-state index in [1.807, 2.05) is 0 Å². The Labute approximate surface area is 295 Å². The monoisotopic (exact) mass is 704 g/mol. The molecule has 1 saturated heterocycles. The Morgan fingerprint density at radius 3 is 1.38 bits per heavy atom. The van der Waals surface area contributed by atoms with Gasteiger partial charge in [-0.2, -0.15) is 0 Å². The number of nitrogens with zero attached hydrogens (tertiary/aromatic N) is 5. The molecule has 52 heavy (non-hydrogen) atoms. The van der Waals surface area contributed by atoms with Crippen molar-refractivity contribution < 1.29 is 47.7 Å². The molecule has 6 heterocycles. The minimum absolute atomic E-state index is 0.00660. The normalized spacial score (nSPS) is 19.3. The predicted octanol–water partition coefficient (Wildman–Crippen LogP) is 2.65. The molecule has 5 aromatic rings. The van der Waals surface area contributed by atoms with Crippen LogP contribution in [-0.2, 0) is 23.7 Å². The van der Waals surface area contributed by atoms with Crippen molar-refractivity contribution in [3.8, 4) is 0 Å². The molecule has 1 aliphatic heterocycles. The van der Waals surface area contributed by atoms with Crippen LogP contribution in [0.15, 0.2) is 123 Å². The highest BCUT2D eigenvalue weighted by Gasteiger charge is 2.53. The zero-order valence-electron chi connectivity index (χ0n) is 27.0. The van der Waals surface area contributed by atoms with Crippen LogP contribution in [-0.4, -0.2) is 92.0 Å². The van der Waals surface area contributed by atoms with E-state index < -0.39 is 67.0 Å². The summed E-state index contributed by atoms with van der Waals surface area (Å²) in [6.07, 6.45) is 7.17. The molecular formula is C36H28N6O10. The maximum absolute atomic E-state index is 13.6. The van der Waals surface area contributed by atoms with E-state index in [2.05, 4.69) is 30.2 Å². The van der Waals surface area contributed by atoms with Gasteiger partial charge in [-0.15, -0.1) is 0 Å². The average molecular weight is 705 g/mol. The summed E-state index contributed by atoms with van der Waals surface area (Å²) in [6, 6.07) is 13.3. The van der Waals surface area contributed by atoms with Crippen LogP contribution in [0.25, 0.3) is 0 Å². The summed E-state index contributed by atoms with van der Waals surface area (Å²) >= 11 is 0. The second kappa shape index (κ2) is 16.6. The number of rotatable bonds is 11. The summed E-state index contributed by atoms with van der Waals surface area (Å²) in [5.74, 6) is -4.32. The molecule has 5 aromatic heterocycles. The van der Waals surface area contributed by atoms with Gasteiger partial charge < -0.3 is 29.0 Å². The third-order valence-corrected chi connectivity index (χ3v) is 7.54. The fraction of sp³-hybridized carbons (Fsp3) is 0.167. The number of hydrogen-bond acceptors (Lipinski definition) is 15. The predicted molar refractivity (Wildman–Crippen MR) is 175 cm³/mol. The highest BCUT2D eigenvalue weighted by molar-refractivity contribution is 5.94. The summed E-state index contributed by atoms with van der Waals surface area (Å²) < 4.78 is 29.4. The number of esters is 4. The Balaban J connectivity index is 1.41. The second-order valence-electron chi connectivity index (χ2n) is 11.0. The van der Waals surface area contributed by atoms with Gasteiger partial charge in [-0.25, -0.2) is 19.2 Å². The highest BCUT2D eigenvalue weighted by atomic mass is 16.7. The summed E-state index contributed by atoms with van der Waals surface area (Å²) in [5, 5.41) is 2.69. The summed E-state index contributed by atoms with van der Waals surface area (Å²) in [6.45, 7) is -0.607. The van der Waals surface area contributed by atoms with E-state index in [1.165, 1.54) is 123 Å². The Bertz CT molecular complexity index is 1990. The van der Waals surface area contributed by atoms with Crippen LogP contribution >= 0.6 is 0 Å². The standard InChI is InChI=1S/C36H28N6O10/c43-31(22-6-1-11-37-16-22)42-28-30(51-34(46)25-9-4-14-40-19-25)29(50-33(45)24-8-3-13-39-18-24)27(21-48-32(44)23-7-2-12-38-17-23)49-36(28)52-35(47)26-10-5-15-41-20-26/h1-20,27-30,36H,21H2,(H,42,43)/t27-,28-,29-,30-,36?/m1/s1. The first kappa shape index (κ1) is 34.9. The lowest BCUT2D eigenvalue weighted by atomic mass is 9.95. The summed E-state index contributed by atoms with van der Waals surface area (Å²) in [4.78, 5) is 87.0. The fourth-order valence-electron chi connectivity index (χ4n) is 5.04. The molecule has 0 bridgehead atoms. The van der Waals surface area contributed by atoms with Gasteiger partial charge in [0.1, 0.15) is 18.8 Å². The average Bonchev–Trinajstić information content (AvgIpc) is 3.20. The van der Waals surface area contributed by atoms with Crippen LogP contribution < -0.4 is 5.32 Å². The summed E-state index contributed by atoms with van der Waals surface area (Å²) in [7, 11) is 0. The number of hydrogen-bond donors (Lipinski definition) is 1. The van der Waals surface area contributed by atoms with Crippen molar-refractivity contribution in [2.24, 2.45) is 0 Å². The SMILES string of the molecule is O=C(N[C@H]1C(OC(=O)c2cccnc2)O[C@H](COC(=O)c2cccnc2)[C@@H](OC(=O)c2cccnc2)[C@@H]1OC(=O)c1cccnc1)c1cccnc1. The molecule has 16 nitrogen and oxygen atoms in total. The number of aromatic nitrogens is 5. The van der Waals surface area contributed by atoms with E-state index in [1.54, 1.807) is 0 Å². The van der Waals surface area contributed by atoms with Crippen LogP contribution in [0.5, 0.6) is 0 Å². The van der Waals surface area contributed by atoms with Crippen molar-refractivity contribution in [2.45, 2.75) is 30.6 Å². The lowest BCUT2D eigenvalue weighted by Crippen LogP contribution is -2.67. The Hall–Kier alpha value is -6.94. The second-order valence-corrected chi connectivity index (χ2v) is 11.0. The fourth-order valence-corrected chi connectivity index (χ4v) is 5.04. The lowest BCUT2D eigenvalue weighted by molar-refractivity contribution is -0.251. The quantitative estimate of drug-likeness (QED) is 0.155. The van der Waals surface area contributed by atoms with Gasteiger partial charge in [0.05, 0.1) is 27.8 Å². The van der Waals surface area contributed by atoms with Crippen LogP contribution in [0, 0.1) is 0 Å². The number of ether oxygens (including phenoxy) is 5. The molecule has 0 aromatic carbocycles. The minimum Gasteiger partial charge on any atom is -0.459 e. The number of nitrogens with one attached hydrogen (secondary N) is 1. The van der Waals surface area contributed by atoms with Crippen molar-refractivity contribution in [3.63, 3.8) is 0 Å². The van der Waals surface area contributed by atoms with Crippen LogP contribution in [0.2, 0.25) is 0 Å². The molecule has 1 N–H and O–H groups in total. The van der Waals surface area contributed by atoms with Gasteiger partial charge in [0, 0.05) is 62.0 Å². The van der Waals surface area contributed by atoms with Gasteiger partial charge in [-0.05, 0) is 60.7 Å². The first-order valence-corrected chi connectivity index (χ1v) is 15.6. The first-order valence-electron chi connectivity index (χ1n) is 15.6. The first-order chi connectivity index (χ1) is 25.4. The van der Waals surface area contributed by atoms with E-state index >= 15 is 0 Å². The van der Waals surface area contributed by atoms with E-state index in [4.69, 9.17) is 23.7 Å². The van der Waals surface area contributed by atoms with Gasteiger partial charge in [0.15, 0.2) is 12.2 Å². The third-order valence-electron chi connectivity index (χ3n) is 7.54. The number of amides is 1. The highest BCUT2D eigenvalue weighted by Crippen LogP contribution is 2.30. The van der Waals surface area contributed by atoms with Gasteiger partial charge in [-0.3, -0.25) is 29.7 Å². The summed E-state index contributed by atoms with van der Waals surface area (Å²) in [5.41, 5.74) is 0.243. The van der Waals surface area contributed by atoms with Gasteiger partial charge >= 0.3 is 23.9 Å². The van der Waals surface area contributed by atoms with Gasteiger partial charge in [0.2, 0.25) is 6.29 Å². The molecule has 16 heteroatoms. The molecule has 0 aliphatic carbocycles. The van der Waals surface area contributed by atoms with Gasteiger partial charge in [0.25, 0.3) is 5.91 Å². The molecule has 1 unspecified atom stereocenters. The Morgan fingerprint density at radius 1 is 0.538 bits per heavy atom. The maximum Gasteiger partial charge on any atom is 0.342 e. The molecule has 1 fully saturated rings. The van der Waals surface area contributed by atoms with Crippen LogP contribution in [0.1, 0.15) is 51.8 Å². The van der Waals surface area contributed by atoms with Crippen molar-refractivity contribution in [3.05, 3.63) is 150 Å². The molecule has 0 radical (unpaired) electrons. The molecule has 262 valence electrons. The van der Waals surface area contributed by atoms with E-state index in [0.29, 0.717) is 0 Å². The molecule has 0 spiro atoms. The maximum atomic E-state index is 13.6. The molecule has 1 amide bonds. The van der Waals surface area contributed by atoms with E-state index in [-0.39, 0.29) is 27.8 Å². The molecular weight excluding hydrogens is 676 g/mol.